The van der Waals surface area contributed by atoms with Crippen molar-refractivity contribution in [3.8, 4) is 11.5 Å². The fraction of sp³-hybridized carbons (Fsp3) is 0.500. The molecule has 4 aromatic carbocycles. The lowest BCUT2D eigenvalue weighted by atomic mass is 9.99. The molecule has 50 heavy (non-hydrogen) atoms. The largest absolute Gasteiger partial charge is 0.494 e. The Morgan fingerprint density at radius 3 is 1.50 bits per heavy atom. The quantitative estimate of drug-likeness (QED) is 0.0688. The summed E-state index contributed by atoms with van der Waals surface area (Å²) in [6, 6.07) is 35.0. The monoisotopic (exact) mass is 677 g/mol. The minimum Gasteiger partial charge on any atom is -0.494 e. The second kappa shape index (κ2) is 26.3. The van der Waals surface area contributed by atoms with Gasteiger partial charge in [-0.2, -0.15) is 0 Å². The van der Waals surface area contributed by atoms with Crippen molar-refractivity contribution in [1.29, 1.82) is 0 Å². The standard InChI is InChI=1S/2C24H34O/c1-3-5-6-7-8-9-13-16-23-18-17-22(20-24(23)25-4-2)19-21-14-11-10-12-15-21;1-3-5-6-7-8-9-10-12-21-15-17-22(18-16-21)19-23-13-11-14-24(20-23)25-4-2/h10-12,14-15,17-18,20H,3-9,13,16,19H2,1-2H3;11,13-18,20H,3-10,12,19H2,1-2H3. The molecule has 4 aromatic rings. The molecular weight excluding hydrogens is 609 g/mol. The van der Waals surface area contributed by atoms with Crippen molar-refractivity contribution >= 4 is 0 Å². The van der Waals surface area contributed by atoms with Gasteiger partial charge >= 0.3 is 0 Å². The van der Waals surface area contributed by atoms with E-state index in [1.54, 1.807) is 0 Å². The third-order valence-corrected chi connectivity index (χ3v) is 9.44. The molecule has 0 aromatic heterocycles. The summed E-state index contributed by atoms with van der Waals surface area (Å²) in [5.41, 5.74) is 8.21. The van der Waals surface area contributed by atoms with Gasteiger partial charge in [0.2, 0.25) is 0 Å². The van der Waals surface area contributed by atoms with Crippen LogP contribution in [-0.4, -0.2) is 13.2 Å². The Balaban J connectivity index is 0.000000270. The van der Waals surface area contributed by atoms with Gasteiger partial charge in [-0.15, -0.1) is 0 Å². The lowest BCUT2D eigenvalue weighted by Gasteiger charge is -2.13. The van der Waals surface area contributed by atoms with Gasteiger partial charge in [0.05, 0.1) is 13.2 Å². The van der Waals surface area contributed by atoms with Crippen molar-refractivity contribution in [3.63, 3.8) is 0 Å². The topological polar surface area (TPSA) is 18.5 Å². The summed E-state index contributed by atoms with van der Waals surface area (Å²) >= 11 is 0. The smallest absolute Gasteiger partial charge is 0.122 e. The van der Waals surface area contributed by atoms with Gasteiger partial charge in [0, 0.05) is 0 Å². The lowest BCUT2D eigenvalue weighted by molar-refractivity contribution is 0.335. The highest BCUT2D eigenvalue weighted by Crippen LogP contribution is 2.25. The molecule has 272 valence electrons. The van der Waals surface area contributed by atoms with E-state index in [1.165, 1.54) is 130 Å². The van der Waals surface area contributed by atoms with Crippen molar-refractivity contribution < 1.29 is 9.47 Å². The van der Waals surface area contributed by atoms with Gasteiger partial charge in [0.15, 0.2) is 0 Å². The number of benzene rings is 4. The lowest BCUT2D eigenvalue weighted by Crippen LogP contribution is -1.99. The molecule has 0 atom stereocenters. The second-order valence-electron chi connectivity index (χ2n) is 13.9. The first-order valence-corrected chi connectivity index (χ1v) is 20.2. The van der Waals surface area contributed by atoms with Crippen LogP contribution in [0, 0.1) is 0 Å². The van der Waals surface area contributed by atoms with Crippen molar-refractivity contribution in [2.24, 2.45) is 0 Å². The third-order valence-electron chi connectivity index (χ3n) is 9.44. The van der Waals surface area contributed by atoms with Crippen LogP contribution in [-0.2, 0) is 25.7 Å². The maximum absolute atomic E-state index is 5.93. The highest BCUT2D eigenvalue weighted by atomic mass is 16.5. The van der Waals surface area contributed by atoms with E-state index in [9.17, 15) is 0 Å². The molecule has 0 aliphatic heterocycles. The third kappa shape index (κ3) is 17.4. The van der Waals surface area contributed by atoms with Gasteiger partial charge in [-0.1, -0.05) is 170 Å². The summed E-state index contributed by atoms with van der Waals surface area (Å²) in [6.07, 6.45) is 23.4. The average Bonchev–Trinajstić information content (AvgIpc) is 3.13. The number of hydrogen-bond donors (Lipinski definition) is 0. The molecule has 2 heteroatoms. The van der Waals surface area contributed by atoms with E-state index in [4.69, 9.17) is 9.47 Å². The highest BCUT2D eigenvalue weighted by molar-refractivity contribution is 5.40. The Hall–Kier alpha value is -3.52. The normalized spacial score (nSPS) is 10.8. The number of ether oxygens (including phenoxy) is 2. The fourth-order valence-corrected chi connectivity index (χ4v) is 6.57. The van der Waals surface area contributed by atoms with E-state index < -0.39 is 0 Å². The number of hydrogen-bond acceptors (Lipinski definition) is 2. The fourth-order valence-electron chi connectivity index (χ4n) is 6.57. The van der Waals surface area contributed by atoms with Crippen molar-refractivity contribution in [2.45, 2.75) is 143 Å². The average molecular weight is 677 g/mol. The first-order chi connectivity index (χ1) is 24.6. The minimum absolute atomic E-state index is 0.719. The Bertz CT molecular complexity index is 1390. The Morgan fingerprint density at radius 2 is 0.880 bits per heavy atom. The summed E-state index contributed by atoms with van der Waals surface area (Å²) in [4.78, 5) is 0. The Labute approximate surface area is 307 Å². The van der Waals surface area contributed by atoms with Crippen LogP contribution in [0.3, 0.4) is 0 Å². The number of aryl methyl sites for hydroxylation is 2. The number of rotatable bonds is 24. The van der Waals surface area contributed by atoms with Gasteiger partial charge in [-0.05, 0) is 104 Å². The zero-order valence-corrected chi connectivity index (χ0v) is 32.2. The van der Waals surface area contributed by atoms with Crippen molar-refractivity contribution in [2.75, 3.05) is 13.2 Å². The summed E-state index contributed by atoms with van der Waals surface area (Å²) in [6.45, 7) is 10.1. The predicted molar refractivity (Wildman–Crippen MR) is 217 cm³/mol. The van der Waals surface area contributed by atoms with Gasteiger partial charge in [-0.25, -0.2) is 0 Å². The zero-order chi connectivity index (χ0) is 35.5. The van der Waals surface area contributed by atoms with E-state index >= 15 is 0 Å². The number of unbranched alkanes of at least 4 members (excludes halogenated alkanes) is 12. The molecular formula is C48H68O2. The van der Waals surface area contributed by atoms with Crippen LogP contribution in [0.1, 0.15) is 151 Å². The van der Waals surface area contributed by atoms with Crippen LogP contribution in [0.25, 0.3) is 0 Å². The van der Waals surface area contributed by atoms with Crippen molar-refractivity contribution in [3.05, 3.63) is 130 Å². The molecule has 0 heterocycles. The molecule has 4 rings (SSSR count). The second-order valence-corrected chi connectivity index (χ2v) is 13.9. The van der Waals surface area contributed by atoms with Crippen LogP contribution >= 0.6 is 0 Å². The molecule has 0 fully saturated rings. The summed E-state index contributed by atoms with van der Waals surface area (Å²) < 4.78 is 11.5. The van der Waals surface area contributed by atoms with Crippen LogP contribution in [0.15, 0.2) is 97.1 Å². The molecule has 0 N–H and O–H groups in total. The molecule has 0 aliphatic rings. The molecule has 0 aliphatic carbocycles. The van der Waals surface area contributed by atoms with E-state index in [0.29, 0.717) is 0 Å². The maximum atomic E-state index is 5.93. The summed E-state index contributed by atoms with van der Waals surface area (Å²) in [7, 11) is 0. The van der Waals surface area contributed by atoms with Crippen LogP contribution in [0.2, 0.25) is 0 Å². The Morgan fingerprint density at radius 1 is 0.380 bits per heavy atom. The van der Waals surface area contributed by atoms with Crippen LogP contribution in [0.5, 0.6) is 11.5 Å². The molecule has 2 nitrogen and oxygen atoms in total. The molecule has 0 saturated carbocycles. The molecule has 0 saturated heterocycles. The van der Waals surface area contributed by atoms with Crippen molar-refractivity contribution in [1.82, 2.24) is 0 Å². The molecule has 0 radical (unpaired) electrons. The molecule has 0 amide bonds. The van der Waals surface area contributed by atoms with Crippen LogP contribution in [0.4, 0.5) is 0 Å². The van der Waals surface area contributed by atoms with E-state index in [-0.39, 0.29) is 0 Å². The SMILES string of the molecule is CCCCCCCCCc1ccc(Cc2cccc(OCC)c2)cc1.CCCCCCCCCc1ccc(Cc2ccccc2)cc1OCC. The predicted octanol–water partition coefficient (Wildman–Crippen LogP) is 13.9. The van der Waals surface area contributed by atoms with Gasteiger partial charge in [0.1, 0.15) is 11.5 Å². The first kappa shape index (κ1) is 40.9. The molecule has 0 bridgehead atoms. The summed E-state index contributed by atoms with van der Waals surface area (Å²) in [5, 5.41) is 0. The summed E-state index contributed by atoms with van der Waals surface area (Å²) in [5.74, 6) is 2.05. The van der Waals surface area contributed by atoms with E-state index in [1.807, 2.05) is 13.0 Å². The Kier molecular flexibility index (Phi) is 21.5. The van der Waals surface area contributed by atoms with E-state index in [2.05, 4.69) is 112 Å². The minimum atomic E-state index is 0.719. The maximum Gasteiger partial charge on any atom is 0.122 e. The molecule has 0 unspecified atom stereocenters. The van der Waals surface area contributed by atoms with Gasteiger partial charge in [0.25, 0.3) is 0 Å². The van der Waals surface area contributed by atoms with Gasteiger partial charge < -0.3 is 9.47 Å². The van der Waals surface area contributed by atoms with Crippen LogP contribution < -0.4 is 9.47 Å². The highest BCUT2D eigenvalue weighted by Gasteiger charge is 2.07. The van der Waals surface area contributed by atoms with E-state index in [0.717, 1.165) is 44.0 Å². The van der Waals surface area contributed by atoms with Gasteiger partial charge in [-0.3, -0.25) is 0 Å². The first-order valence-electron chi connectivity index (χ1n) is 20.2. The zero-order valence-electron chi connectivity index (χ0n) is 32.2. The molecule has 0 spiro atoms.